The first-order chi connectivity index (χ1) is 12.1. The van der Waals surface area contributed by atoms with Gasteiger partial charge in [-0.05, 0) is 48.9 Å². The molecule has 0 saturated carbocycles. The van der Waals surface area contributed by atoms with Crippen molar-refractivity contribution >= 4 is 50.5 Å². The fraction of sp³-hybridized carbons (Fsp3) is 0.235. The van der Waals surface area contributed by atoms with Crippen LogP contribution in [-0.2, 0) is 14.8 Å². The maximum atomic E-state index is 13.4. The lowest BCUT2D eigenvalue weighted by Crippen LogP contribution is -2.47. The number of sulfonamides is 1. The highest BCUT2D eigenvalue weighted by Crippen LogP contribution is 2.27. The number of hydrogen-bond donors (Lipinski definition) is 1. The second kappa shape index (κ2) is 8.24. The standard InChI is InChI=1S/C17H17Cl2FN2O3S/c1-3-16(17(23)21-12-6-4-11(18)5-7-12)22(26(2,24)25)13-8-9-15(20)14(19)10-13/h4-10,16H,3H2,1-2H3,(H,21,23)/t16-/m0/s1. The lowest BCUT2D eigenvalue weighted by atomic mass is 10.1. The van der Waals surface area contributed by atoms with Crippen molar-refractivity contribution in [3.05, 3.63) is 58.3 Å². The van der Waals surface area contributed by atoms with E-state index in [1.54, 1.807) is 31.2 Å². The van der Waals surface area contributed by atoms with Gasteiger partial charge < -0.3 is 5.32 Å². The monoisotopic (exact) mass is 418 g/mol. The number of nitrogens with zero attached hydrogens (tertiary/aromatic N) is 1. The fourth-order valence-corrected chi connectivity index (χ4v) is 3.95. The van der Waals surface area contributed by atoms with Crippen LogP contribution in [0.15, 0.2) is 42.5 Å². The highest BCUT2D eigenvalue weighted by atomic mass is 35.5. The third kappa shape index (κ3) is 4.87. The van der Waals surface area contributed by atoms with E-state index in [0.29, 0.717) is 10.7 Å². The molecule has 1 atom stereocenters. The number of rotatable bonds is 6. The molecule has 9 heteroatoms. The van der Waals surface area contributed by atoms with Crippen LogP contribution in [0.3, 0.4) is 0 Å². The molecule has 2 aromatic rings. The van der Waals surface area contributed by atoms with Crippen molar-refractivity contribution in [2.24, 2.45) is 0 Å². The highest BCUT2D eigenvalue weighted by Gasteiger charge is 2.32. The Labute approximate surface area is 161 Å². The van der Waals surface area contributed by atoms with Crippen LogP contribution < -0.4 is 9.62 Å². The van der Waals surface area contributed by atoms with Gasteiger partial charge in [0.25, 0.3) is 0 Å². The zero-order valence-corrected chi connectivity index (χ0v) is 16.4. The van der Waals surface area contributed by atoms with E-state index in [4.69, 9.17) is 23.2 Å². The van der Waals surface area contributed by atoms with Crippen molar-refractivity contribution in [1.82, 2.24) is 0 Å². The fourth-order valence-electron chi connectivity index (χ4n) is 2.44. The molecule has 0 aliphatic carbocycles. The summed E-state index contributed by atoms with van der Waals surface area (Å²) in [5.74, 6) is -1.21. The van der Waals surface area contributed by atoms with Gasteiger partial charge in [-0.25, -0.2) is 12.8 Å². The van der Waals surface area contributed by atoms with Crippen LogP contribution in [0.25, 0.3) is 0 Å². The van der Waals surface area contributed by atoms with E-state index in [-0.39, 0.29) is 17.1 Å². The van der Waals surface area contributed by atoms with Gasteiger partial charge >= 0.3 is 0 Å². The van der Waals surface area contributed by atoms with Gasteiger partial charge in [-0.15, -0.1) is 0 Å². The normalized spacial score (nSPS) is 12.5. The van der Waals surface area contributed by atoms with Crippen LogP contribution in [0.4, 0.5) is 15.8 Å². The van der Waals surface area contributed by atoms with Crippen LogP contribution in [0.5, 0.6) is 0 Å². The van der Waals surface area contributed by atoms with Crippen molar-refractivity contribution in [2.45, 2.75) is 19.4 Å². The Morgan fingerprint density at radius 1 is 1.19 bits per heavy atom. The maximum Gasteiger partial charge on any atom is 0.248 e. The molecule has 0 bridgehead atoms. The molecule has 0 aliphatic heterocycles. The van der Waals surface area contributed by atoms with E-state index >= 15 is 0 Å². The summed E-state index contributed by atoms with van der Waals surface area (Å²) in [6.45, 7) is 1.68. The van der Waals surface area contributed by atoms with Gasteiger partial charge in [0.2, 0.25) is 15.9 Å². The van der Waals surface area contributed by atoms with E-state index in [1.165, 1.54) is 12.1 Å². The van der Waals surface area contributed by atoms with Crippen LogP contribution in [0.1, 0.15) is 13.3 Å². The number of hydrogen-bond acceptors (Lipinski definition) is 3. The quantitative estimate of drug-likeness (QED) is 0.759. The molecular formula is C17H17Cl2FN2O3S. The van der Waals surface area contributed by atoms with Crippen molar-refractivity contribution in [2.75, 3.05) is 15.9 Å². The van der Waals surface area contributed by atoms with Gasteiger partial charge in [0.1, 0.15) is 11.9 Å². The smallest absolute Gasteiger partial charge is 0.248 e. The molecule has 2 aromatic carbocycles. The molecule has 0 heterocycles. The Balaban J connectivity index is 2.39. The Morgan fingerprint density at radius 3 is 2.31 bits per heavy atom. The van der Waals surface area contributed by atoms with Gasteiger partial charge in [-0.1, -0.05) is 30.1 Å². The molecule has 2 rings (SSSR count). The summed E-state index contributed by atoms with van der Waals surface area (Å²) < 4.78 is 39.0. The SMILES string of the molecule is CC[C@@H](C(=O)Nc1ccc(Cl)cc1)N(c1ccc(F)c(Cl)c1)S(C)(=O)=O. The predicted octanol–water partition coefficient (Wildman–Crippen LogP) is 4.32. The topological polar surface area (TPSA) is 66.5 Å². The average molecular weight is 419 g/mol. The molecule has 0 fully saturated rings. The van der Waals surface area contributed by atoms with Gasteiger partial charge in [0, 0.05) is 10.7 Å². The molecule has 1 amide bonds. The van der Waals surface area contributed by atoms with Crippen molar-refractivity contribution in [3.8, 4) is 0 Å². The molecule has 5 nitrogen and oxygen atoms in total. The Kier molecular flexibility index (Phi) is 6.49. The van der Waals surface area contributed by atoms with E-state index < -0.39 is 27.8 Å². The van der Waals surface area contributed by atoms with E-state index in [1.807, 2.05) is 0 Å². The van der Waals surface area contributed by atoms with Gasteiger partial charge in [0.05, 0.1) is 17.0 Å². The van der Waals surface area contributed by atoms with Crippen molar-refractivity contribution in [3.63, 3.8) is 0 Å². The minimum Gasteiger partial charge on any atom is -0.324 e. The number of nitrogens with one attached hydrogen (secondary N) is 1. The maximum absolute atomic E-state index is 13.4. The highest BCUT2D eigenvalue weighted by molar-refractivity contribution is 7.92. The van der Waals surface area contributed by atoms with Gasteiger partial charge in [0.15, 0.2) is 0 Å². The summed E-state index contributed by atoms with van der Waals surface area (Å²) in [6, 6.07) is 8.87. The third-order valence-corrected chi connectivity index (χ3v) is 5.32. The van der Waals surface area contributed by atoms with Crippen LogP contribution in [-0.4, -0.2) is 26.6 Å². The molecule has 0 aliphatic rings. The minimum absolute atomic E-state index is 0.108. The minimum atomic E-state index is -3.83. The lowest BCUT2D eigenvalue weighted by molar-refractivity contribution is -0.117. The number of amides is 1. The first-order valence-corrected chi connectivity index (χ1v) is 10.2. The molecule has 0 unspecified atom stereocenters. The number of benzene rings is 2. The molecule has 1 N–H and O–H groups in total. The van der Waals surface area contributed by atoms with Gasteiger partial charge in [-0.3, -0.25) is 9.10 Å². The molecule has 0 saturated heterocycles. The molecular weight excluding hydrogens is 402 g/mol. The molecule has 26 heavy (non-hydrogen) atoms. The lowest BCUT2D eigenvalue weighted by Gasteiger charge is -2.30. The van der Waals surface area contributed by atoms with Crippen molar-refractivity contribution in [1.29, 1.82) is 0 Å². The summed E-state index contributed by atoms with van der Waals surface area (Å²) in [7, 11) is -3.83. The number of anilines is 2. The Hall–Kier alpha value is -1.83. The predicted molar refractivity (Wildman–Crippen MR) is 103 cm³/mol. The number of halogens is 3. The van der Waals surface area contributed by atoms with Gasteiger partial charge in [-0.2, -0.15) is 0 Å². The van der Waals surface area contributed by atoms with Crippen molar-refractivity contribution < 1.29 is 17.6 Å². The van der Waals surface area contributed by atoms with Crippen LogP contribution in [0.2, 0.25) is 10.0 Å². The van der Waals surface area contributed by atoms with E-state index in [9.17, 15) is 17.6 Å². The molecule has 0 aromatic heterocycles. The van der Waals surface area contributed by atoms with E-state index in [2.05, 4.69) is 5.32 Å². The zero-order chi connectivity index (χ0) is 19.5. The summed E-state index contributed by atoms with van der Waals surface area (Å²) in [5.41, 5.74) is 0.584. The zero-order valence-electron chi connectivity index (χ0n) is 14.0. The summed E-state index contributed by atoms with van der Waals surface area (Å²) in [4.78, 5) is 12.7. The molecule has 0 spiro atoms. The number of carbonyl (C=O) groups excluding carboxylic acids is 1. The first-order valence-electron chi connectivity index (χ1n) is 7.64. The second-order valence-corrected chi connectivity index (χ2v) is 8.28. The third-order valence-electron chi connectivity index (χ3n) is 3.60. The first kappa shape index (κ1) is 20.5. The average Bonchev–Trinajstić information content (AvgIpc) is 2.56. The summed E-state index contributed by atoms with van der Waals surface area (Å²) in [5, 5.41) is 2.93. The number of carbonyl (C=O) groups is 1. The van der Waals surface area contributed by atoms with Crippen LogP contribution >= 0.6 is 23.2 Å². The molecule has 0 radical (unpaired) electrons. The Morgan fingerprint density at radius 2 is 1.81 bits per heavy atom. The van der Waals surface area contributed by atoms with Crippen LogP contribution in [0, 0.1) is 5.82 Å². The Bertz CT molecular complexity index is 905. The molecule has 140 valence electrons. The summed E-state index contributed by atoms with van der Waals surface area (Å²) in [6.07, 6.45) is 1.17. The van der Waals surface area contributed by atoms with E-state index in [0.717, 1.165) is 16.6 Å². The largest absolute Gasteiger partial charge is 0.324 e. The summed E-state index contributed by atoms with van der Waals surface area (Å²) >= 11 is 11.6. The second-order valence-electron chi connectivity index (χ2n) is 5.58.